The van der Waals surface area contributed by atoms with E-state index in [2.05, 4.69) is 5.32 Å². The van der Waals surface area contributed by atoms with Crippen molar-refractivity contribution in [2.75, 3.05) is 20.1 Å². The summed E-state index contributed by atoms with van der Waals surface area (Å²) in [4.78, 5) is 0.117. The smallest absolute Gasteiger partial charge is 0.244 e. The predicted octanol–water partition coefficient (Wildman–Crippen LogP) is 3.05. The molecule has 1 aliphatic heterocycles. The highest BCUT2D eigenvalue weighted by Gasteiger charge is 2.28. The van der Waals surface area contributed by atoms with Crippen molar-refractivity contribution in [3.63, 3.8) is 0 Å². The predicted molar refractivity (Wildman–Crippen MR) is 86.4 cm³/mol. The van der Waals surface area contributed by atoms with E-state index >= 15 is 0 Å². The summed E-state index contributed by atoms with van der Waals surface area (Å²) in [6.45, 7) is 3.35. The molecule has 1 aromatic rings. The summed E-state index contributed by atoms with van der Waals surface area (Å²) >= 11 is 12.2. The SMILES string of the molecule is CNCc1cc(S(=O)(=O)N2CC=C(C)CC2)c(Cl)cc1Cl. The topological polar surface area (TPSA) is 49.4 Å². The minimum atomic E-state index is -3.60. The number of sulfonamides is 1. The summed E-state index contributed by atoms with van der Waals surface area (Å²) in [5.41, 5.74) is 1.92. The standard InChI is InChI=1S/C14H18Cl2N2O2S/c1-10-3-5-18(6-4-10)21(19,20)14-7-11(9-17-2)12(15)8-13(14)16/h3,7-8,17H,4-6,9H2,1-2H3. The first-order chi connectivity index (χ1) is 9.86. The monoisotopic (exact) mass is 348 g/mol. The number of nitrogens with zero attached hydrogens (tertiary/aromatic N) is 1. The first-order valence-corrected chi connectivity index (χ1v) is 8.84. The van der Waals surface area contributed by atoms with Crippen LogP contribution in [0.15, 0.2) is 28.7 Å². The van der Waals surface area contributed by atoms with Gasteiger partial charge in [-0.1, -0.05) is 34.9 Å². The largest absolute Gasteiger partial charge is 0.316 e. The second-order valence-corrected chi connectivity index (χ2v) is 7.79. The Morgan fingerprint density at radius 1 is 1.29 bits per heavy atom. The van der Waals surface area contributed by atoms with E-state index in [9.17, 15) is 8.42 Å². The number of rotatable bonds is 4. The molecule has 0 aromatic heterocycles. The highest BCUT2D eigenvalue weighted by molar-refractivity contribution is 7.89. The zero-order chi connectivity index (χ0) is 15.6. The molecule has 4 nitrogen and oxygen atoms in total. The Kier molecular flexibility index (Phi) is 5.33. The van der Waals surface area contributed by atoms with Crippen LogP contribution in [0, 0.1) is 0 Å². The number of hydrogen-bond donors (Lipinski definition) is 1. The van der Waals surface area contributed by atoms with Gasteiger partial charge in [0, 0.05) is 24.7 Å². The van der Waals surface area contributed by atoms with Crippen molar-refractivity contribution >= 4 is 33.2 Å². The Labute approximate surface area is 135 Å². The second-order valence-electron chi connectivity index (χ2n) is 5.07. The van der Waals surface area contributed by atoms with Gasteiger partial charge in [-0.2, -0.15) is 4.31 Å². The average Bonchev–Trinajstić information content (AvgIpc) is 2.42. The Morgan fingerprint density at radius 2 is 2.00 bits per heavy atom. The van der Waals surface area contributed by atoms with Crippen LogP contribution in [0.25, 0.3) is 0 Å². The van der Waals surface area contributed by atoms with E-state index in [0.29, 0.717) is 30.2 Å². The van der Waals surface area contributed by atoms with Crippen molar-refractivity contribution in [3.8, 4) is 0 Å². The van der Waals surface area contributed by atoms with E-state index < -0.39 is 10.0 Å². The van der Waals surface area contributed by atoms with Crippen LogP contribution in [0.5, 0.6) is 0 Å². The number of nitrogens with one attached hydrogen (secondary N) is 1. The van der Waals surface area contributed by atoms with Gasteiger partial charge >= 0.3 is 0 Å². The molecule has 0 unspecified atom stereocenters. The molecule has 0 amide bonds. The van der Waals surface area contributed by atoms with Crippen molar-refractivity contribution in [2.45, 2.75) is 24.8 Å². The summed E-state index contributed by atoms with van der Waals surface area (Å²) in [6, 6.07) is 3.05. The zero-order valence-corrected chi connectivity index (χ0v) is 14.3. The van der Waals surface area contributed by atoms with Crippen molar-refractivity contribution in [1.29, 1.82) is 0 Å². The molecule has 0 bridgehead atoms. The van der Waals surface area contributed by atoms with E-state index in [1.165, 1.54) is 15.9 Å². The third kappa shape index (κ3) is 3.60. The maximum Gasteiger partial charge on any atom is 0.244 e. The molecule has 0 radical (unpaired) electrons. The number of benzene rings is 1. The fourth-order valence-corrected chi connectivity index (χ4v) is 4.42. The molecule has 0 atom stereocenters. The lowest BCUT2D eigenvalue weighted by Gasteiger charge is -2.25. The summed E-state index contributed by atoms with van der Waals surface area (Å²) in [5, 5.41) is 3.58. The fraction of sp³-hybridized carbons (Fsp3) is 0.429. The molecule has 1 N–H and O–H groups in total. The normalized spacial score (nSPS) is 16.9. The van der Waals surface area contributed by atoms with Gasteiger partial charge in [0.15, 0.2) is 0 Å². The summed E-state index contributed by atoms with van der Waals surface area (Å²) < 4.78 is 26.9. The Bertz CT molecular complexity index is 672. The third-order valence-corrected chi connectivity index (χ3v) is 6.17. The van der Waals surface area contributed by atoms with Crippen LogP contribution >= 0.6 is 23.2 Å². The highest BCUT2D eigenvalue weighted by Crippen LogP contribution is 2.31. The summed E-state index contributed by atoms with van der Waals surface area (Å²) in [5.74, 6) is 0. The van der Waals surface area contributed by atoms with Gasteiger partial charge in [-0.15, -0.1) is 0 Å². The van der Waals surface area contributed by atoms with Gasteiger partial charge in [-0.25, -0.2) is 8.42 Å². The first kappa shape index (κ1) is 16.8. The van der Waals surface area contributed by atoms with E-state index in [-0.39, 0.29) is 9.92 Å². The van der Waals surface area contributed by atoms with Gasteiger partial charge < -0.3 is 5.32 Å². The van der Waals surface area contributed by atoms with E-state index in [4.69, 9.17) is 23.2 Å². The van der Waals surface area contributed by atoms with Gasteiger partial charge in [0.05, 0.1) is 5.02 Å². The summed E-state index contributed by atoms with van der Waals surface area (Å²) in [7, 11) is -1.83. The molecular weight excluding hydrogens is 331 g/mol. The Morgan fingerprint density at radius 3 is 2.57 bits per heavy atom. The van der Waals surface area contributed by atoms with Crippen molar-refractivity contribution in [2.24, 2.45) is 0 Å². The molecule has 0 saturated carbocycles. The van der Waals surface area contributed by atoms with Crippen LogP contribution in [0.1, 0.15) is 18.9 Å². The fourth-order valence-electron chi connectivity index (χ4n) is 2.20. The van der Waals surface area contributed by atoms with Crippen molar-refractivity contribution in [1.82, 2.24) is 9.62 Å². The molecule has 21 heavy (non-hydrogen) atoms. The van der Waals surface area contributed by atoms with E-state index in [1.807, 2.05) is 13.0 Å². The molecule has 1 aromatic carbocycles. The van der Waals surface area contributed by atoms with Crippen LogP contribution in [-0.4, -0.2) is 32.9 Å². The Hall–Kier alpha value is -0.590. The third-order valence-electron chi connectivity index (χ3n) is 3.48. The molecule has 2 rings (SSSR count). The van der Waals surface area contributed by atoms with Gasteiger partial charge in [0.1, 0.15) is 4.90 Å². The molecule has 116 valence electrons. The highest BCUT2D eigenvalue weighted by atomic mass is 35.5. The van der Waals surface area contributed by atoms with Crippen LogP contribution in [0.3, 0.4) is 0 Å². The molecule has 7 heteroatoms. The van der Waals surface area contributed by atoms with Crippen molar-refractivity contribution < 1.29 is 8.42 Å². The van der Waals surface area contributed by atoms with Gasteiger partial charge in [-0.3, -0.25) is 0 Å². The molecule has 0 spiro atoms. The van der Waals surface area contributed by atoms with Crippen LogP contribution < -0.4 is 5.32 Å². The lowest BCUT2D eigenvalue weighted by Crippen LogP contribution is -2.34. The van der Waals surface area contributed by atoms with E-state index in [0.717, 1.165) is 6.42 Å². The van der Waals surface area contributed by atoms with Gasteiger partial charge in [0.2, 0.25) is 10.0 Å². The minimum Gasteiger partial charge on any atom is -0.316 e. The quantitative estimate of drug-likeness (QED) is 0.850. The molecule has 0 fully saturated rings. The molecule has 0 aliphatic carbocycles. The average molecular weight is 349 g/mol. The van der Waals surface area contributed by atoms with Crippen LogP contribution in [-0.2, 0) is 16.6 Å². The lowest BCUT2D eigenvalue weighted by atomic mass is 10.1. The lowest BCUT2D eigenvalue weighted by molar-refractivity contribution is 0.431. The minimum absolute atomic E-state index is 0.117. The zero-order valence-electron chi connectivity index (χ0n) is 12.0. The Balaban J connectivity index is 2.42. The molecular formula is C14H18Cl2N2O2S. The molecule has 1 heterocycles. The second kappa shape index (κ2) is 6.67. The van der Waals surface area contributed by atoms with E-state index in [1.54, 1.807) is 13.1 Å². The van der Waals surface area contributed by atoms with Crippen molar-refractivity contribution in [3.05, 3.63) is 39.4 Å². The van der Waals surface area contributed by atoms with Gasteiger partial charge in [0.25, 0.3) is 0 Å². The molecule has 0 saturated heterocycles. The number of hydrogen-bond acceptors (Lipinski definition) is 3. The maximum absolute atomic E-state index is 12.7. The molecule has 1 aliphatic rings. The number of halogens is 2. The maximum atomic E-state index is 12.7. The summed E-state index contributed by atoms with van der Waals surface area (Å²) in [6.07, 6.45) is 2.67. The van der Waals surface area contributed by atoms with Crippen LogP contribution in [0.4, 0.5) is 0 Å². The first-order valence-electron chi connectivity index (χ1n) is 6.64. The van der Waals surface area contributed by atoms with Crippen LogP contribution in [0.2, 0.25) is 10.0 Å². The van der Waals surface area contributed by atoms with Gasteiger partial charge in [-0.05, 0) is 38.1 Å².